The van der Waals surface area contributed by atoms with Gasteiger partial charge in [-0.05, 0) is 43.7 Å². The van der Waals surface area contributed by atoms with Crippen LogP contribution in [0.2, 0.25) is 0 Å². The van der Waals surface area contributed by atoms with Gasteiger partial charge in [-0.3, -0.25) is 10.2 Å². The maximum absolute atomic E-state index is 11.8. The Balaban J connectivity index is 1.56. The summed E-state index contributed by atoms with van der Waals surface area (Å²) in [4.78, 5) is 18.2. The van der Waals surface area contributed by atoms with Crippen LogP contribution in [0.3, 0.4) is 0 Å². The number of aliphatic hydroxyl groups excluding tert-OH is 1. The Labute approximate surface area is 174 Å². The van der Waals surface area contributed by atoms with Gasteiger partial charge in [0.1, 0.15) is 17.4 Å². The number of anilines is 1. The van der Waals surface area contributed by atoms with Crippen molar-refractivity contribution in [1.82, 2.24) is 9.55 Å². The zero-order valence-corrected chi connectivity index (χ0v) is 17.2. The van der Waals surface area contributed by atoms with Gasteiger partial charge in [0.15, 0.2) is 0 Å². The molecule has 0 unspecified atom stereocenters. The van der Waals surface area contributed by atoms with Crippen molar-refractivity contribution in [3.05, 3.63) is 65.7 Å². The van der Waals surface area contributed by atoms with E-state index in [2.05, 4.69) is 4.98 Å². The minimum atomic E-state index is -0.268. The Morgan fingerprint density at radius 2 is 1.90 bits per heavy atom. The minimum Gasteiger partial charge on any atom is -0.509 e. The number of ether oxygens (including phenoxy) is 1. The lowest BCUT2D eigenvalue weighted by atomic mass is 10.1. The topological polar surface area (TPSA) is 91.4 Å². The van der Waals surface area contributed by atoms with E-state index in [9.17, 15) is 9.90 Å². The van der Waals surface area contributed by atoms with E-state index >= 15 is 0 Å². The number of rotatable bonds is 5. The number of nitrogens with one attached hydrogen (secondary N) is 1. The molecule has 30 heavy (non-hydrogen) atoms. The van der Waals surface area contributed by atoms with Gasteiger partial charge in [-0.25, -0.2) is 4.98 Å². The van der Waals surface area contributed by atoms with Gasteiger partial charge in [0.2, 0.25) is 0 Å². The van der Waals surface area contributed by atoms with Crippen LogP contribution in [0.15, 0.2) is 54.3 Å². The molecule has 2 heterocycles. The van der Waals surface area contributed by atoms with Crippen LogP contribution < -0.4 is 4.90 Å². The van der Waals surface area contributed by atoms with E-state index in [-0.39, 0.29) is 36.6 Å². The zero-order valence-electron chi connectivity index (χ0n) is 17.2. The first-order chi connectivity index (χ1) is 14.3. The second-order valence-electron chi connectivity index (χ2n) is 7.62. The molecule has 7 heteroatoms. The summed E-state index contributed by atoms with van der Waals surface area (Å²) in [6, 6.07) is 15.1. The Morgan fingerprint density at radius 3 is 2.57 bits per heavy atom. The van der Waals surface area contributed by atoms with Crippen LogP contribution >= 0.6 is 0 Å². The predicted molar refractivity (Wildman–Crippen MR) is 117 cm³/mol. The normalized spacial score (nSPS) is 14.3. The van der Waals surface area contributed by atoms with Gasteiger partial charge in [0.25, 0.3) is 0 Å². The van der Waals surface area contributed by atoms with Gasteiger partial charge < -0.3 is 19.3 Å². The summed E-state index contributed by atoms with van der Waals surface area (Å²) in [6.45, 7) is 3.84. The van der Waals surface area contributed by atoms with E-state index in [1.807, 2.05) is 74.0 Å². The molecule has 1 aliphatic rings. The number of hydrogen-bond acceptors (Lipinski definition) is 5. The number of carbonyl (C=O) groups is 1. The average molecular weight is 404 g/mol. The van der Waals surface area contributed by atoms with Crippen LogP contribution in [0.4, 0.5) is 5.69 Å². The van der Waals surface area contributed by atoms with Crippen molar-refractivity contribution in [2.75, 3.05) is 11.4 Å². The Hall–Kier alpha value is -3.61. The number of aliphatic hydroxyl groups is 1. The van der Waals surface area contributed by atoms with Crippen molar-refractivity contribution < 1.29 is 14.6 Å². The molecular weight excluding hydrogens is 380 g/mol. The lowest BCUT2D eigenvalue weighted by molar-refractivity contribution is -0.146. The highest BCUT2D eigenvalue weighted by molar-refractivity contribution is 6.30. The van der Waals surface area contributed by atoms with Gasteiger partial charge in [-0.1, -0.05) is 24.3 Å². The molecule has 154 valence electrons. The summed E-state index contributed by atoms with van der Waals surface area (Å²) < 4.78 is 7.07. The highest BCUT2D eigenvalue weighted by Crippen LogP contribution is 2.32. The van der Waals surface area contributed by atoms with Gasteiger partial charge in [-0.2, -0.15) is 0 Å². The van der Waals surface area contributed by atoms with Crippen LogP contribution in [0.1, 0.15) is 25.2 Å². The number of aromatic nitrogens is 2. The van der Waals surface area contributed by atoms with Crippen molar-refractivity contribution in [3.63, 3.8) is 0 Å². The van der Waals surface area contributed by atoms with Crippen molar-refractivity contribution >= 4 is 34.1 Å². The molecule has 2 N–H and O–H groups in total. The lowest BCUT2D eigenvalue weighted by Crippen LogP contribution is -2.26. The van der Waals surface area contributed by atoms with E-state index in [1.54, 1.807) is 4.90 Å². The maximum Gasteiger partial charge on any atom is 0.310 e. The minimum absolute atomic E-state index is 0.114. The first-order valence-electron chi connectivity index (χ1n) is 9.84. The highest BCUT2D eigenvalue weighted by Gasteiger charge is 2.32. The number of hydrogen-bond donors (Lipinski definition) is 2. The summed E-state index contributed by atoms with van der Waals surface area (Å²) in [5, 5.41) is 19.3. The predicted octanol–water partition coefficient (Wildman–Crippen LogP) is 3.83. The summed E-state index contributed by atoms with van der Waals surface area (Å²) in [5.41, 5.74) is 3.79. The smallest absolute Gasteiger partial charge is 0.310 e. The highest BCUT2D eigenvalue weighted by atomic mass is 16.5. The number of para-hydroxylation sites is 2. The second kappa shape index (κ2) is 7.67. The van der Waals surface area contributed by atoms with Gasteiger partial charge >= 0.3 is 5.97 Å². The zero-order chi connectivity index (χ0) is 21.4. The third kappa shape index (κ3) is 3.54. The average Bonchev–Trinajstić information content (AvgIpc) is 3.18. The van der Waals surface area contributed by atoms with Crippen LogP contribution in [0, 0.1) is 5.41 Å². The standard InChI is InChI=1S/C23H24N4O3/c1-14(2)30-20(29)12-15-8-10-16(11-9-15)27-13-19(28)21(22(27)24)23-25-17-6-4-5-7-18(17)26(23)3/h4-11,14,24,28H,12-13H2,1-3H3. The van der Waals surface area contributed by atoms with Crippen molar-refractivity contribution in [2.45, 2.75) is 26.4 Å². The third-order valence-corrected chi connectivity index (χ3v) is 5.08. The molecule has 7 nitrogen and oxygen atoms in total. The number of carbonyl (C=O) groups excluding carboxylic acids is 1. The molecule has 0 spiro atoms. The molecule has 2 aromatic carbocycles. The van der Waals surface area contributed by atoms with E-state index in [0.29, 0.717) is 11.4 Å². The molecule has 0 radical (unpaired) electrons. The molecule has 1 aliphatic heterocycles. The largest absolute Gasteiger partial charge is 0.509 e. The van der Waals surface area contributed by atoms with Gasteiger partial charge in [0, 0.05) is 12.7 Å². The van der Waals surface area contributed by atoms with Crippen molar-refractivity contribution in [2.24, 2.45) is 7.05 Å². The number of fused-ring (bicyclic) bond motifs is 1. The molecule has 0 bridgehead atoms. The summed E-state index contributed by atoms with van der Waals surface area (Å²) >= 11 is 0. The Kier molecular flexibility index (Phi) is 5.03. The maximum atomic E-state index is 11.8. The van der Waals surface area contributed by atoms with Crippen LogP contribution in [-0.2, 0) is 23.0 Å². The van der Waals surface area contributed by atoms with Gasteiger partial charge in [0.05, 0.1) is 35.7 Å². The Bertz CT molecular complexity index is 1160. The van der Waals surface area contributed by atoms with Crippen LogP contribution in [0.5, 0.6) is 0 Å². The number of benzene rings is 2. The first-order valence-corrected chi connectivity index (χ1v) is 9.84. The van der Waals surface area contributed by atoms with Crippen LogP contribution in [-0.4, -0.2) is 39.1 Å². The number of aryl methyl sites for hydroxylation is 1. The second-order valence-corrected chi connectivity index (χ2v) is 7.62. The van der Waals surface area contributed by atoms with Crippen LogP contribution in [0.25, 0.3) is 16.6 Å². The number of amidine groups is 1. The Morgan fingerprint density at radius 1 is 1.20 bits per heavy atom. The SMILES string of the molecule is CC(C)OC(=O)Cc1ccc(N2CC(O)=C(c3nc4ccccc4n3C)C2=N)cc1. The molecule has 0 aliphatic carbocycles. The molecule has 1 aromatic heterocycles. The van der Waals surface area contributed by atoms with E-state index in [1.165, 1.54) is 0 Å². The monoisotopic (exact) mass is 404 g/mol. The summed E-state index contributed by atoms with van der Waals surface area (Å²) in [6.07, 6.45) is 0.0573. The molecule has 4 rings (SSSR count). The number of imidazole rings is 1. The molecule has 0 amide bonds. The molecule has 0 fully saturated rings. The first kappa shape index (κ1) is 19.7. The summed E-state index contributed by atoms with van der Waals surface area (Å²) in [5.74, 6) is 0.602. The number of esters is 1. The molecule has 0 atom stereocenters. The lowest BCUT2D eigenvalue weighted by Gasteiger charge is -2.19. The van der Waals surface area contributed by atoms with E-state index < -0.39 is 0 Å². The van der Waals surface area contributed by atoms with Crippen molar-refractivity contribution in [1.29, 1.82) is 5.41 Å². The quantitative estimate of drug-likeness (QED) is 0.631. The fraction of sp³-hybridized carbons (Fsp3) is 0.261. The number of nitrogens with zero attached hydrogens (tertiary/aromatic N) is 3. The molecular formula is C23H24N4O3. The molecule has 0 saturated heterocycles. The van der Waals surface area contributed by atoms with E-state index in [4.69, 9.17) is 10.1 Å². The molecule has 3 aromatic rings. The fourth-order valence-electron chi connectivity index (χ4n) is 3.67. The summed E-state index contributed by atoms with van der Waals surface area (Å²) in [7, 11) is 1.88. The third-order valence-electron chi connectivity index (χ3n) is 5.08. The van der Waals surface area contributed by atoms with Crippen molar-refractivity contribution in [3.8, 4) is 0 Å². The fourth-order valence-corrected chi connectivity index (χ4v) is 3.67. The van der Waals surface area contributed by atoms with Gasteiger partial charge in [-0.15, -0.1) is 0 Å². The van der Waals surface area contributed by atoms with E-state index in [0.717, 1.165) is 22.3 Å². The molecule has 0 saturated carbocycles.